The number of hydrogen-bond acceptors (Lipinski definition) is 3. The molecule has 0 aliphatic carbocycles. The summed E-state index contributed by atoms with van der Waals surface area (Å²) in [5, 5.41) is 3.00. The molecule has 1 aliphatic rings. The van der Waals surface area contributed by atoms with Gasteiger partial charge in [0.15, 0.2) is 6.10 Å². The van der Waals surface area contributed by atoms with Gasteiger partial charge in [0.25, 0.3) is 5.91 Å². The SMILES string of the molecule is CCc1ccccc1O[C@@H](C)C(=O)NCCCN1CCCCCC1. The summed E-state index contributed by atoms with van der Waals surface area (Å²) in [4.78, 5) is 14.7. The molecule has 134 valence electrons. The van der Waals surface area contributed by atoms with Gasteiger partial charge in [-0.05, 0) is 63.9 Å². The van der Waals surface area contributed by atoms with Crippen LogP contribution in [0.5, 0.6) is 5.75 Å². The van der Waals surface area contributed by atoms with Crippen molar-refractivity contribution in [1.29, 1.82) is 0 Å². The standard InChI is InChI=1S/C20H32N2O2/c1-3-18-11-6-7-12-19(18)24-17(2)20(23)21-13-10-16-22-14-8-4-5-9-15-22/h6-7,11-12,17H,3-5,8-10,13-16H2,1-2H3,(H,21,23)/t17-/m0/s1. The zero-order chi connectivity index (χ0) is 17.2. The number of aryl methyl sites for hydroxylation is 1. The third-order valence-corrected chi connectivity index (χ3v) is 4.68. The van der Waals surface area contributed by atoms with E-state index in [1.54, 1.807) is 0 Å². The summed E-state index contributed by atoms with van der Waals surface area (Å²) in [6.45, 7) is 8.13. The zero-order valence-electron chi connectivity index (χ0n) is 15.2. The number of ether oxygens (including phenoxy) is 1. The van der Waals surface area contributed by atoms with Crippen LogP contribution < -0.4 is 10.1 Å². The van der Waals surface area contributed by atoms with E-state index in [0.29, 0.717) is 0 Å². The molecule has 1 heterocycles. The minimum atomic E-state index is -0.462. The van der Waals surface area contributed by atoms with Crippen LogP contribution in [-0.2, 0) is 11.2 Å². The molecule has 0 spiro atoms. The normalized spacial score (nSPS) is 17.1. The largest absolute Gasteiger partial charge is 0.481 e. The van der Waals surface area contributed by atoms with Gasteiger partial charge in [-0.3, -0.25) is 4.79 Å². The number of carbonyl (C=O) groups excluding carboxylic acids is 1. The lowest BCUT2D eigenvalue weighted by molar-refractivity contribution is -0.127. The molecule has 2 rings (SSSR count). The maximum atomic E-state index is 12.2. The van der Waals surface area contributed by atoms with Crippen molar-refractivity contribution in [2.75, 3.05) is 26.2 Å². The maximum Gasteiger partial charge on any atom is 0.260 e. The number of nitrogens with zero attached hydrogens (tertiary/aromatic N) is 1. The second-order valence-corrected chi connectivity index (χ2v) is 6.62. The summed E-state index contributed by atoms with van der Waals surface area (Å²) < 4.78 is 5.84. The molecule has 4 nitrogen and oxygen atoms in total. The van der Waals surface area contributed by atoms with Crippen LogP contribution >= 0.6 is 0 Å². The number of amides is 1. The fourth-order valence-corrected chi connectivity index (χ4v) is 3.17. The number of hydrogen-bond donors (Lipinski definition) is 1. The van der Waals surface area contributed by atoms with E-state index < -0.39 is 6.10 Å². The van der Waals surface area contributed by atoms with Crippen molar-refractivity contribution in [3.05, 3.63) is 29.8 Å². The van der Waals surface area contributed by atoms with Gasteiger partial charge in [0.05, 0.1) is 0 Å². The van der Waals surface area contributed by atoms with Gasteiger partial charge in [-0.1, -0.05) is 38.0 Å². The molecular formula is C20H32N2O2. The van der Waals surface area contributed by atoms with Gasteiger partial charge in [-0.2, -0.15) is 0 Å². The molecule has 1 aromatic carbocycles. The smallest absolute Gasteiger partial charge is 0.260 e. The Labute approximate surface area is 146 Å². The van der Waals surface area contributed by atoms with Gasteiger partial charge in [0, 0.05) is 6.54 Å². The maximum absolute atomic E-state index is 12.2. The van der Waals surface area contributed by atoms with Gasteiger partial charge < -0.3 is 15.0 Å². The van der Waals surface area contributed by atoms with Crippen LogP contribution in [0.4, 0.5) is 0 Å². The van der Waals surface area contributed by atoms with E-state index in [2.05, 4.69) is 17.1 Å². The van der Waals surface area contributed by atoms with Crippen molar-refractivity contribution in [2.45, 2.75) is 58.5 Å². The van der Waals surface area contributed by atoms with Crippen LogP contribution in [-0.4, -0.2) is 43.1 Å². The summed E-state index contributed by atoms with van der Waals surface area (Å²) in [6, 6.07) is 7.92. The molecule has 0 saturated carbocycles. The summed E-state index contributed by atoms with van der Waals surface area (Å²) >= 11 is 0. The van der Waals surface area contributed by atoms with Gasteiger partial charge in [-0.15, -0.1) is 0 Å². The summed E-state index contributed by atoms with van der Waals surface area (Å²) in [6.07, 6.45) is 6.80. The Bertz CT molecular complexity index is 496. The third-order valence-electron chi connectivity index (χ3n) is 4.68. The molecule has 1 aromatic rings. The lowest BCUT2D eigenvalue weighted by Crippen LogP contribution is -2.38. The fourth-order valence-electron chi connectivity index (χ4n) is 3.17. The van der Waals surface area contributed by atoms with Crippen LogP contribution in [0.25, 0.3) is 0 Å². The number of nitrogens with one attached hydrogen (secondary N) is 1. The van der Waals surface area contributed by atoms with E-state index in [1.165, 1.54) is 38.8 Å². The predicted molar refractivity (Wildman–Crippen MR) is 98.4 cm³/mol. The Hall–Kier alpha value is -1.55. The first-order valence-corrected chi connectivity index (χ1v) is 9.45. The fraction of sp³-hybridized carbons (Fsp3) is 0.650. The van der Waals surface area contributed by atoms with Crippen molar-refractivity contribution in [3.63, 3.8) is 0 Å². The van der Waals surface area contributed by atoms with E-state index in [1.807, 2.05) is 31.2 Å². The molecule has 24 heavy (non-hydrogen) atoms. The van der Waals surface area contributed by atoms with Gasteiger partial charge in [0.2, 0.25) is 0 Å². The highest BCUT2D eigenvalue weighted by atomic mass is 16.5. The molecule has 1 N–H and O–H groups in total. The second-order valence-electron chi connectivity index (χ2n) is 6.62. The Morgan fingerprint density at radius 3 is 2.62 bits per heavy atom. The molecule has 1 amide bonds. The molecule has 0 unspecified atom stereocenters. The van der Waals surface area contributed by atoms with Crippen molar-refractivity contribution >= 4 is 5.91 Å². The Morgan fingerprint density at radius 1 is 1.21 bits per heavy atom. The first-order valence-electron chi connectivity index (χ1n) is 9.45. The Kier molecular flexibility index (Phi) is 8.10. The van der Waals surface area contributed by atoms with Crippen LogP contribution in [0.15, 0.2) is 24.3 Å². The number of carbonyl (C=O) groups is 1. The molecule has 1 aliphatic heterocycles. The van der Waals surface area contributed by atoms with E-state index in [0.717, 1.165) is 37.2 Å². The van der Waals surface area contributed by atoms with E-state index >= 15 is 0 Å². The molecule has 1 saturated heterocycles. The molecular weight excluding hydrogens is 300 g/mol. The third kappa shape index (κ3) is 6.16. The number of para-hydroxylation sites is 1. The Balaban J connectivity index is 1.68. The van der Waals surface area contributed by atoms with Gasteiger partial charge >= 0.3 is 0 Å². The predicted octanol–water partition coefficient (Wildman–Crippen LogP) is 3.40. The highest BCUT2D eigenvalue weighted by molar-refractivity contribution is 5.80. The van der Waals surface area contributed by atoms with Crippen LogP contribution in [0.1, 0.15) is 51.5 Å². The van der Waals surface area contributed by atoms with E-state index in [-0.39, 0.29) is 5.91 Å². The van der Waals surface area contributed by atoms with Crippen molar-refractivity contribution < 1.29 is 9.53 Å². The molecule has 4 heteroatoms. The van der Waals surface area contributed by atoms with Gasteiger partial charge in [-0.25, -0.2) is 0 Å². The lowest BCUT2D eigenvalue weighted by Gasteiger charge is -2.20. The second kappa shape index (κ2) is 10.3. The summed E-state index contributed by atoms with van der Waals surface area (Å²) in [7, 11) is 0. The molecule has 0 radical (unpaired) electrons. The minimum Gasteiger partial charge on any atom is -0.481 e. The molecule has 0 bridgehead atoms. The topological polar surface area (TPSA) is 41.6 Å². The average Bonchev–Trinajstić information content (AvgIpc) is 2.87. The highest BCUT2D eigenvalue weighted by Crippen LogP contribution is 2.19. The molecule has 0 aromatic heterocycles. The first kappa shape index (κ1) is 18.8. The monoisotopic (exact) mass is 332 g/mol. The van der Waals surface area contributed by atoms with Crippen LogP contribution in [0.2, 0.25) is 0 Å². The number of rotatable bonds is 8. The van der Waals surface area contributed by atoms with Crippen molar-refractivity contribution in [1.82, 2.24) is 10.2 Å². The van der Waals surface area contributed by atoms with E-state index in [9.17, 15) is 4.79 Å². The van der Waals surface area contributed by atoms with E-state index in [4.69, 9.17) is 4.74 Å². The zero-order valence-corrected chi connectivity index (χ0v) is 15.2. The quantitative estimate of drug-likeness (QED) is 0.742. The average molecular weight is 332 g/mol. The highest BCUT2D eigenvalue weighted by Gasteiger charge is 2.15. The van der Waals surface area contributed by atoms with Crippen LogP contribution in [0, 0.1) is 0 Å². The molecule has 1 fully saturated rings. The summed E-state index contributed by atoms with van der Waals surface area (Å²) in [5.74, 6) is 0.781. The number of likely N-dealkylation sites (tertiary alicyclic amines) is 1. The summed E-state index contributed by atoms with van der Waals surface area (Å²) in [5.41, 5.74) is 1.14. The van der Waals surface area contributed by atoms with Crippen LogP contribution in [0.3, 0.4) is 0 Å². The first-order chi connectivity index (χ1) is 11.7. The lowest BCUT2D eigenvalue weighted by atomic mass is 10.1. The minimum absolute atomic E-state index is 0.0308. The number of benzene rings is 1. The Morgan fingerprint density at radius 2 is 1.92 bits per heavy atom. The molecule has 1 atom stereocenters. The van der Waals surface area contributed by atoms with Crippen molar-refractivity contribution in [2.24, 2.45) is 0 Å². The van der Waals surface area contributed by atoms with Gasteiger partial charge in [0.1, 0.15) is 5.75 Å². The van der Waals surface area contributed by atoms with Crippen molar-refractivity contribution in [3.8, 4) is 5.75 Å².